The van der Waals surface area contributed by atoms with Crippen LogP contribution in [-0.2, 0) is 19.6 Å². The van der Waals surface area contributed by atoms with Crippen LogP contribution in [-0.4, -0.2) is 49.4 Å². The lowest BCUT2D eigenvalue weighted by molar-refractivity contribution is -0.114. The largest absolute Gasteiger partial charge is 0.326 e. The normalized spacial score (nSPS) is 11.3. The van der Waals surface area contributed by atoms with Crippen LogP contribution in [0.4, 0.5) is 11.4 Å². The summed E-state index contributed by atoms with van der Waals surface area (Å²) in [6, 6.07) is 9.78. The Balaban J connectivity index is 1.89. The van der Waals surface area contributed by atoms with Gasteiger partial charge in [0.05, 0.1) is 10.8 Å². The van der Waals surface area contributed by atoms with E-state index in [-0.39, 0.29) is 22.5 Å². The fourth-order valence-electron chi connectivity index (χ4n) is 1.99. The Hall–Kier alpha value is -2.43. The molecule has 0 atom stereocenters. The Morgan fingerprint density at radius 3 is 2.11 bits per heavy atom. The average Bonchev–Trinajstić information content (AvgIpc) is 2.61. The average molecular weight is 409 g/mol. The molecule has 27 heavy (non-hydrogen) atoms. The van der Waals surface area contributed by atoms with Gasteiger partial charge < -0.3 is 10.6 Å². The molecule has 144 valence electrons. The Morgan fingerprint density at radius 1 is 1.04 bits per heavy atom. The predicted molar refractivity (Wildman–Crippen MR) is 105 cm³/mol. The van der Waals surface area contributed by atoms with E-state index < -0.39 is 10.0 Å². The van der Waals surface area contributed by atoms with E-state index in [2.05, 4.69) is 15.6 Å². The van der Waals surface area contributed by atoms with Crippen LogP contribution in [0.3, 0.4) is 0 Å². The molecule has 8 nitrogen and oxygen atoms in total. The van der Waals surface area contributed by atoms with Crippen molar-refractivity contribution >= 4 is 45.0 Å². The first-order valence-corrected chi connectivity index (χ1v) is 10.3. The van der Waals surface area contributed by atoms with E-state index in [1.807, 2.05) is 0 Å². The highest BCUT2D eigenvalue weighted by molar-refractivity contribution is 7.99. The Bertz CT molecular complexity index is 911. The van der Waals surface area contributed by atoms with E-state index in [1.54, 1.807) is 30.3 Å². The summed E-state index contributed by atoms with van der Waals surface area (Å²) in [4.78, 5) is 27.2. The maximum absolute atomic E-state index is 12.0. The third kappa shape index (κ3) is 6.05. The zero-order chi connectivity index (χ0) is 20.0. The molecule has 0 fully saturated rings. The number of hydrogen-bond acceptors (Lipinski definition) is 6. The van der Waals surface area contributed by atoms with E-state index >= 15 is 0 Å². The molecule has 10 heteroatoms. The molecule has 2 aromatic rings. The summed E-state index contributed by atoms with van der Waals surface area (Å²) in [5.41, 5.74) is 1.25. The molecule has 0 unspecified atom stereocenters. The Kier molecular flexibility index (Phi) is 6.94. The number of carbonyl (C=O) groups is 2. The number of anilines is 2. The zero-order valence-electron chi connectivity index (χ0n) is 15.1. The van der Waals surface area contributed by atoms with E-state index in [9.17, 15) is 18.0 Å². The van der Waals surface area contributed by atoms with Crippen LogP contribution in [0.1, 0.15) is 6.92 Å². The summed E-state index contributed by atoms with van der Waals surface area (Å²) in [6.45, 7) is 1.42. The lowest BCUT2D eigenvalue weighted by atomic mass is 10.3. The molecule has 1 aromatic carbocycles. The summed E-state index contributed by atoms with van der Waals surface area (Å²) >= 11 is 1.20. The second-order valence-corrected chi connectivity index (χ2v) is 8.86. The molecule has 0 saturated carbocycles. The van der Waals surface area contributed by atoms with E-state index in [0.717, 1.165) is 4.31 Å². The molecule has 0 aliphatic carbocycles. The van der Waals surface area contributed by atoms with Crippen molar-refractivity contribution in [1.82, 2.24) is 9.29 Å². The molecule has 2 amide bonds. The predicted octanol–water partition coefficient (Wildman–Crippen LogP) is 2.02. The minimum Gasteiger partial charge on any atom is -0.326 e. The maximum atomic E-state index is 12.0. The van der Waals surface area contributed by atoms with Crippen LogP contribution < -0.4 is 10.6 Å². The quantitative estimate of drug-likeness (QED) is 0.679. The summed E-state index contributed by atoms with van der Waals surface area (Å²) in [6.07, 6.45) is 1.27. The minimum atomic E-state index is -3.52. The van der Waals surface area contributed by atoms with Crippen LogP contribution in [0, 0.1) is 0 Å². The maximum Gasteiger partial charge on any atom is 0.244 e. The molecular formula is C17H20N4O4S2. The number of aromatic nitrogens is 1. The van der Waals surface area contributed by atoms with E-state index in [4.69, 9.17) is 0 Å². The molecule has 0 radical (unpaired) electrons. The van der Waals surface area contributed by atoms with Crippen molar-refractivity contribution < 1.29 is 18.0 Å². The zero-order valence-corrected chi connectivity index (χ0v) is 16.7. The van der Waals surface area contributed by atoms with Crippen molar-refractivity contribution in [3.05, 3.63) is 42.6 Å². The van der Waals surface area contributed by atoms with Crippen molar-refractivity contribution in [2.45, 2.75) is 16.8 Å². The van der Waals surface area contributed by atoms with Gasteiger partial charge in [0, 0.05) is 38.6 Å². The fourth-order valence-corrected chi connectivity index (χ4v) is 3.48. The van der Waals surface area contributed by atoms with Crippen molar-refractivity contribution in [2.75, 3.05) is 30.5 Å². The monoisotopic (exact) mass is 408 g/mol. The summed E-state index contributed by atoms with van der Waals surface area (Å²) < 4.78 is 25.1. The molecule has 0 aliphatic rings. The summed E-state index contributed by atoms with van der Waals surface area (Å²) in [5.74, 6) is -0.264. The smallest absolute Gasteiger partial charge is 0.244 e. The number of sulfonamides is 1. The van der Waals surface area contributed by atoms with Crippen LogP contribution in [0.15, 0.2) is 52.5 Å². The number of hydrogen-bond donors (Lipinski definition) is 2. The molecule has 1 aromatic heterocycles. The van der Waals surface area contributed by atoms with Gasteiger partial charge in [-0.15, -0.1) is 0 Å². The SMILES string of the molecule is CC(=O)Nc1ccc(NC(=O)CSc2ccc(S(=O)(=O)N(C)C)cn2)cc1. The van der Waals surface area contributed by atoms with Crippen molar-refractivity contribution in [1.29, 1.82) is 0 Å². The number of carbonyl (C=O) groups excluding carboxylic acids is 2. The van der Waals surface area contributed by atoms with Crippen LogP contribution in [0.2, 0.25) is 0 Å². The number of rotatable bonds is 7. The molecule has 0 bridgehead atoms. The number of amides is 2. The van der Waals surface area contributed by atoms with Gasteiger partial charge in [0.15, 0.2) is 0 Å². The molecule has 2 N–H and O–H groups in total. The molecule has 2 rings (SSSR count). The molecule has 0 saturated heterocycles. The molecular weight excluding hydrogens is 388 g/mol. The van der Waals surface area contributed by atoms with Gasteiger partial charge in [0.25, 0.3) is 0 Å². The van der Waals surface area contributed by atoms with Gasteiger partial charge in [0.2, 0.25) is 21.8 Å². The number of thioether (sulfide) groups is 1. The van der Waals surface area contributed by atoms with Gasteiger partial charge in [-0.2, -0.15) is 0 Å². The van der Waals surface area contributed by atoms with Crippen molar-refractivity contribution in [3.8, 4) is 0 Å². The lowest BCUT2D eigenvalue weighted by Crippen LogP contribution is -2.22. The Morgan fingerprint density at radius 2 is 1.63 bits per heavy atom. The van der Waals surface area contributed by atoms with Crippen LogP contribution in [0.25, 0.3) is 0 Å². The number of nitrogens with zero attached hydrogens (tertiary/aromatic N) is 2. The van der Waals surface area contributed by atoms with Gasteiger partial charge in [-0.25, -0.2) is 17.7 Å². The first-order valence-electron chi connectivity index (χ1n) is 7.87. The van der Waals surface area contributed by atoms with E-state index in [0.29, 0.717) is 16.4 Å². The number of benzene rings is 1. The van der Waals surface area contributed by atoms with E-state index in [1.165, 1.54) is 45.0 Å². The highest BCUT2D eigenvalue weighted by Gasteiger charge is 2.17. The van der Waals surface area contributed by atoms with Gasteiger partial charge >= 0.3 is 0 Å². The lowest BCUT2D eigenvalue weighted by Gasteiger charge is -2.11. The number of nitrogens with one attached hydrogen (secondary N) is 2. The van der Waals surface area contributed by atoms with Gasteiger partial charge in [-0.1, -0.05) is 11.8 Å². The Labute approximate surface area is 162 Å². The first-order chi connectivity index (χ1) is 12.7. The molecule has 1 heterocycles. The third-order valence-electron chi connectivity index (χ3n) is 3.33. The summed E-state index contributed by atoms with van der Waals surface area (Å²) in [7, 11) is -0.622. The standard InChI is InChI=1S/C17H20N4O4S2/c1-12(22)19-13-4-6-14(7-5-13)20-16(23)11-26-17-9-8-15(10-18-17)27(24,25)21(2)3/h4-10H,11H2,1-3H3,(H,19,22)(H,20,23). The van der Waals surface area contributed by atoms with Crippen molar-refractivity contribution in [3.63, 3.8) is 0 Å². The summed E-state index contributed by atoms with van der Waals surface area (Å²) in [5, 5.41) is 5.93. The molecule has 0 spiro atoms. The second-order valence-electron chi connectivity index (χ2n) is 5.71. The minimum absolute atomic E-state index is 0.0977. The first kappa shape index (κ1) is 20.9. The van der Waals surface area contributed by atoms with Crippen molar-refractivity contribution in [2.24, 2.45) is 0 Å². The molecule has 0 aliphatic heterocycles. The highest BCUT2D eigenvalue weighted by Crippen LogP contribution is 2.19. The fraction of sp³-hybridized carbons (Fsp3) is 0.235. The van der Waals surface area contributed by atoms with Gasteiger partial charge in [-0.3, -0.25) is 9.59 Å². The van der Waals surface area contributed by atoms with Crippen LogP contribution in [0.5, 0.6) is 0 Å². The topological polar surface area (TPSA) is 108 Å². The van der Waals surface area contributed by atoms with Gasteiger partial charge in [0.1, 0.15) is 4.90 Å². The third-order valence-corrected chi connectivity index (χ3v) is 6.07. The van der Waals surface area contributed by atoms with Gasteiger partial charge in [-0.05, 0) is 36.4 Å². The second kappa shape index (κ2) is 8.98. The van der Waals surface area contributed by atoms with Crippen LogP contribution >= 0.6 is 11.8 Å². The number of pyridine rings is 1. The highest BCUT2D eigenvalue weighted by atomic mass is 32.2.